The van der Waals surface area contributed by atoms with Crippen LogP contribution in [-0.4, -0.2) is 24.7 Å². The molecule has 0 aliphatic carbocycles. The minimum atomic E-state index is -0.244. The Bertz CT molecular complexity index is 1080. The van der Waals surface area contributed by atoms with Crippen LogP contribution in [0, 0.1) is 0 Å². The lowest BCUT2D eigenvalue weighted by Gasteiger charge is -2.09. The fourth-order valence-corrected chi connectivity index (χ4v) is 3.77. The van der Waals surface area contributed by atoms with Crippen LogP contribution in [0.2, 0.25) is 10.0 Å². The van der Waals surface area contributed by atoms with Crippen molar-refractivity contribution >= 4 is 58.2 Å². The predicted molar refractivity (Wildman–Crippen MR) is 123 cm³/mol. The van der Waals surface area contributed by atoms with Gasteiger partial charge in [-0.25, -0.2) is 0 Å². The number of thioether (sulfide) groups is 1. The Morgan fingerprint density at radius 1 is 0.967 bits per heavy atom. The van der Waals surface area contributed by atoms with Crippen molar-refractivity contribution in [2.24, 2.45) is 0 Å². The van der Waals surface area contributed by atoms with Gasteiger partial charge in [-0.05, 0) is 54.6 Å². The largest absolute Gasteiger partial charge is 0.497 e. The molecule has 3 rings (SSSR count). The summed E-state index contributed by atoms with van der Waals surface area (Å²) in [6, 6.07) is 19.1. The molecular weight excluding hydrogens is 443 g/mol. The van der Waals surface area contributed by atoms with Crippen LogP contribution in [0.5, 0.6) is 5.75 Å². The normalized spacial score (nSPS) is 10.4. The summed E-state index contributed by atoms with van der Waals surface area (Å²) in [5.41, 5.74) is 1.63. The summed E-state index contributed by atoms with van der Waals surface area (Å²) in [5.74, 6) is 0.353. The average molecular weight is 461 g/mol. The van der Waals surface area contributed by atoms with Crippen LogP contribution in [0.3, 0.4) is 0 Å². The summed E-state index contributed by atoms with van der Waals surface area (Å²) in [4.78, 5) is 25.5. The van der Waals surface area contributed by atoms with Crippen molar-refractivity contribution in [3.63, 3.8) is 0 Å². The van der Waals surface area contributed by atoms with Crippen molar-refractivity contribution in [2.75, 3.05) is 23.5 Å². The number of hydrogen-bond donors (Lipinski definition) is 2. The van der Waals surface area contributed by atoms with E-state index in [1.165, 1.54) is 11.8 Å². The summed E-state index contributed by atoms with van der Waals surface area (Å²) in [5, 5.41) is 6.48. The second-order valence-electron chi connectivity index (χ2n) is 6.17. The Morgan fingerprint density at radius 3 is 2.53 bits per heavy atom. The molecule has 154 valence electrons. The molecule has 0 radical (unpaired) electrons. The molecule has 0 aliphatic heterocycles. The number of carbonyl (C=O) groups is 2. The van der Waals surface area contributed by atoms with E-state index >= 15 is 0 Å². The lowest BCUT2D eigenvalue weighted by Crippen LogP contribution is -2.14. The van der Waals surface area contributed by atoms with Crippen LogP contribution < -0.4 is 15.4 Å². The standard InChI is InChI=1S/C22H18Cl2N2O3S/c1-29-17-6-2-4-14(10-17)22(28)25-16-5-3-7-18(12-16)30-13-21(27)26-20-9-8-15(23)11-19(20)24/h2-12H,13H2,1H3,(H,25,28)(H,26,27). The van der Waals surface area contributed by atoms with Gasteiger partial charge in [0.05, 0.1) is 23.6 Å². The van der Waals surface area contributed by atoms with Crippen LogP contribution in [-0.2, 0) is 4.79 Å². The van der Waals surface area contributed by atoms with Gasteiger partial charge in [-0.15, -0.1) is 11.8 Å². The van der Waals surface area contributed by atoms with Crippen LogP contribution in [0.1, 0.15) is 10.4 Å². The van der Waals surface area contributed by atoms with Crippen LogP contribution in [0.4, 0.5) is 11.4 Å². The molecule has 5 nitrogen and oxygen atoms in total. The molecule has 0 fully saturated rings. The van der Waals surface area contributed by atoms with Gasteiger partial charge in [0, 0.05) is 21.2 Å². The van der Waals surface area contributed by atoms with Gasteiger partial charge in [-0.1, -0.05) is 35.3 Å². The molecule has 0 saturated heterocycles. The highest BCUT2D eigenvalue weighted by molar-refractivity contribution is 8.00. The molecule has 3 aromatic carbocycles. The maximum Gasteiger partial charge on any atom is 0.255 e. The number of carbonyl (C=O) groups excluding carboxylic acids is 2. The third kappa shape index (κ3) is 6.16. The highest BCUT2D eigenvalue weighted by atomic mass is 35.5. The number of ether oxygens (including phenoxy) is 1. The summed E-state index contributed by atoms with van der Waals surface area (Å²) >= 11 is 13.3. The first-order valence-corrected chi connectivity index (χ1v) is 10.6. The SMILES string of the molecule is COc1cccc(C(=O)Nc2cccc(SCC(=O)Nc3ccc(Cl)cc3Cl)c2)c1. The number of methoxy groups -OCH3 is 1. The molecule has 0 atom stereocenters. The average Bonchev–Trinajstić information content (AvgIpc) is 2.74. The predicted octanol–water partition coefficient (Wildman–Crippen LogP) is 5.99. The lowest BCUT2D eigenvalue weighted by atomic mass is 10.2. The molecular formula is C22H18Cl2N2O3S. The third-order valence-electron chi connectivity index (χ3n) is 4.00. The van der Waals surface area contributed by atoms with Gasteiger partial charge >= 0.3 is 0 Å². The fraction of sp³-hybridized carbons (Fsp3) is 0.0909. The van der Waals surface area contributed by atoms with Gasteiger partial charge in [0.1, 0.15) is 5.75 Å². The summed E-state index contributed by atoms with van der Waals surface area (Å²) in [6.45, 7) is 0. The summed E-state index contributed by atoms with van der Waals surface area (Å²) in [6.07, 6.45) is 0. The Balaban J connectivity index is 1.58. The Kier molecular flexibility index (Phi) is 7.63. The van der Waals surface area contributed by atoms with E-state index < -0.39 is 0 Å². The van der Waals surface area contributed by atoms with Gasteiger partial charge in [0.15, 0.2) is 0 Å². The van der Waals surface area contributed by atoms with E-state index in [0.29, 0.717) is 32.7 Å². The second-order valence-corrected chi connectivity index (χ2v) is 8.07. The molecule has 3 aromatic rings. The van der Waals surface area contributed by atoms with Gasteiger partial charge < -0.3 is 15.4 Å². The molecule has 0 aliphatic rings. The lowest BCUT2D eigenvalue weighted by molar-refractivity contribution is -0.113. The van der Waals surface area contributed by atoms with Crippen LogP contribution in [0.25, 0.3) is 0 Å². The molecule has 0 aromatic heterocycles. The maximum absolute atomic E-state index is 12.5. The second kappa shape index (κ2) is 10.4. The molecule has 0 unspecified atom stereocenters. The first-order chi connectivity index (χ1) is 14.4. The highest BCUT2D eigenvalue weighted by Crippen LogP contribution is 2.27. The third-order valence-corrected chi connectivity index (χ3v) is 5.54. The van der Waals surface area contributed by atoms with E-state index in [2.05, 4.69) is 10.6 Å². The Morgan fingerprint density at radius 2 is 1.77 bits per heavy atom. The maximum atomic E-state index is 12.5. The summed E-state index contributed by atoms with van der Waals surface area (Å²) < 4.78 is 5.15. The number of anilines is 2. The van der Waals surface area contributed by atoms with Gasteiger partial charge in [0.2, 0.25) is 5.91 Å². The van der Waals surface area contributed by atoms with E-state index in [1.54, 1.807) is 55.6 Å². The van der Waals surface area contributed by atoms with E-state index in [-0.39, 0.29) is 17.6 Å². The van der Waals surface area contributed by atoms with Crippen LogP contribution in [0.15, 0.2) is 71.6 Å². The molecule has 0 bridgehead atoms. The van der Waals surface area contributed by atoms with Crippen molar-refractivity contribution < 1.29 is 14.3 Å². The van der Waals surface area contributed by atoms with Crippen molar-refractivity contribution in [1.29, 1.82) is 0 Å². The van der Waals surface area contributed by atoms with E-state index in [9.17, 15) is 9.59 Å². The molecule has 0 spiro atoms. The highest BCUT2D eigenvalue weighted by Gasteiger charge is 2.10. The topological polar surface area (TPSA) is 67.4 Å². The molecule has 0 heterocycles. The van der Waals surface area contributed by atoms with Crippen molar-refractivity contribution in [2.45, 2.75) is 4.90 Å². The monoisotopic (exact) mass is 460 g/mol. The molecule has 30 heavy (non-hydrogen) atoms. The van der Waals surface area contributed by atoms with Crippen molar-refractivity contribution in [3.05, 3.63) is 82.3 Å². The van der Waals surface area contributed by atoms with Crippen molar-refractivity contribution in [1.82, 2.24) is 0 Å². The quantitative estimate of drug-likeness (QED) is 0.425. The zero-order valence-corrected chi connectivity index (χ0v) is 18.3. The van der Waals surface area contributed by atoms with Gasteiger partial charge in [0.25, 0.3) is 5.91 Å². The van der Waals surface area contributed by atoms with E-state index in [4.69, 9.17) is 27.9 Å². The van der Waals surface area contributed by atoms with Crippen LogP contribution >= 0.6 is 35.0 Å². The van der Waals surface area contributed by atoms with Gasteiger partial charge in [-0.3, -0.25) is 9.59 Å². The number of nitrogens with one attached hydrogen (secondary N) is 2. The fourth-order valence-electron chi connectivity index (χ4n) is 2.56. The molecule has 0 saturated carbocycles. The number of benzene rings is 3. The minimum absolute atomic E-state index is 0.187. The molecule has 2 N–H and O–H groups in total. The number of halogens is 2. The number of amides is 2. The van der Waals surface area contributed by atoms with Gasteiger partial charge in [-0.2, -0.15) is 0 Å². The zero-order chi connectivity index (χ0) is 21.5. The minimum Gasteiger partial charge on any atom is -0.497 e. The zero-order valence-electron chi connectivity index (χ0n) is 15.9. The smallest absolute Gasteiger partial charge is 0.255 e. The molecule has 8 heteroatoms. The first kappa shape index (κ1) is 22.0. The summed E-state index contributed by atoms with van der Waals surface area (Å²) in [7, 11) is 1.55. The first-order valence-electron chi connectivity index (χ1n) is 8.88. The Hall–Kier alpha value is -2.67. The molecule has 2 amide bonds. The number of hydrogen-bond acceptors (Lipinski definition) is 4. The van der Waals surface area contributed by atoms with E-state index in [0.717, 1.165) is 4.90 Å². The number of rotatable bonds is 7. The van der Waals surface area contributed by atoms with Crippen molar-refractivity contribution in [3.8, 4) is 5.75 Å². The van der Waals surface area contributed by atoms with E-state index in [1.807, 2.05) is 18.2 Å². The Labute approximate surface area is 188 Å².